The van der Waals surface area contributed by atoms with Gasteiger partial charge in [-0.2, -0.15) is 0 Å². The van der Waals surface area contributed by atoms with Crippen LogP contribution in [0.5, 0.6) is 0 Å². The van der Waals surface area contributed by atoms with Crippen molar-refractivity contribution >= 4 is 17.2 Å². The van der Waals surface area contributed by atoms with Gasteiger partial charge in [0.2, 0.25) is 0 Å². The molecule has 0 saturated carbocycles. The SMILES string of the molecule is CC1=CC(=C(C)C)C(C)(C)c2cc(Cl)ccc21. The van der Waals surface area contributed by atoms with Crippen molar-refractivity contribution in [3.63, 3.8) is 0 Å². The fourth-order valence-electron chi connectivity index (χ4n) is 2.77. The first-order valence-electron chi connectivity index (χ1n) is 6.00. The zero-order valence-corrected chi connectivity index (χ0v) is 11.9. The van der Waals surface area contributed by atoms with Crippen LogP contribution in [0.4, 0.5) is 0 Å². The summed E-state index contributed by atoms with van der Waals surface area (Å²) in [7, 11) is 0. The quantitative estimate of drug-likeness (QED) is 0.577. The summed E-state index contributed by atoms with van der Waals surface area (Å²) in [5.41, 5.74) is 6.81. The van der Waals surface area contributed by atoms with Crippen molar-refractivity contribution in [2.75, 3.05) is 0 Å². The minimum absolute atomic E-state index is 0.0403. The Bertz CT molecular complexity index is 526. The van der Waals surface area contributed by atoms with Crippen LogP contribution in [0.3, 0.4) is 0 Å². The number of hydrogen-bond acceptors (Lipinski definition) is 0. The fraction of sp³-hybridized carbons (Fsp3) is 0.375. The van der Waals surface area contributed by atoms with Gasteiger partial charge in [-0.15, -0.1) is 0 Å². The van der Waals surface area contributed by atoms with E-state index in [0.717, 1.165) is 5.02 Å². The van der Waals surface area contributed by atoms with Gasteiger partial charge in [-0.3, -0.25) is 0 Å². The number of halogens is 1. The lowest BCUT2D eigenvalue weighted by Crippen LogP contribution is -2.25. The van der Waals surface area contributed by atoms with Crippen molar-refractivity contribution in [2.45, 2.75) is 40.0 Å². The third kappa shape index (κ3) is 1.95. The Kier molecular flexibility index (Phi) is 2.95. The standard InChI is InChI=1S/C16H19Cl/c1-10(2)14-8-11(3)13-7-6-12(17)9-15(13)16(14,4)5/h6-9H,1-5H3. The second kappa shape index (κ2) is 4.03. The zero-order valence-electron chi connectivity index (χ0n) is 11.2. The molecule has 17 heavy (non-hydrogen) atoms. The van der Waals surface area contributed by atoms with Crippen LogP contribution in [0.15, 0.2) is 35.4 Å². The first-order valence-corrected chi connectivity index (χ1v) is 6.38. The van der Waals surface area contributed by atoms with Gasteiger partial charge >= 0.3 is 0 Å². The van der Waals surface area contributed by atoms with Gasteiger partial charge in [0, 0.05) is 10.4 Å². The van der Waals surface area contributed by atoms with E-state index in [9.17, 15) is 0 Å². The highest BCUT2D eigenvalue weighted by Crippen LogP contribution is 2.44. The molecule has 1 aromatic rings. The molecule has 0 unspecified atom stereocenters. The summed E-state index contributed by atoms with van der Waals surface area (Å²) in [5, 5.41) is 0.819. The van der Waals surface area contributed by atoms with Crippen LogP contribution >= 0.6 is 11.6 Å². The summed E-state index contributed by atoms with van der Waals surface area (Å²) in [5.74, 6) is 0. The Morgan fingerprint density at radius 3 is 2.41 bits per heavy atom. The van der Waals surface area contributed by atoms with Crippen LogP contribution < -0.4 is 0 Å². The van der Waals surface area contributed by atoms with Gasteiger partial charge in [-0.1, -0.05) is 43.2 Å². The topological polar surface area (TPSA) is 0 Å². The van der Waals surface area contributed by atoms with E-state index in [-0.39, 0.29) is 5.41 Å². The van der Waals surface area contributed by atoms with Crippen LogP contribution in [-0.4, -0.2) is 0 Å². The van der Waals surface area contributed by atoms with Gasteiger partial charge in [0.25, 0.3) is 0 Å². The molecule has 2 rings (SSSR count). The van der Waals surface area contributed by atoms with Crippen molar-refractivity contribution in [3.8, 4) is 0 Å². The number of benzene rings is 1. The Balaban J connectivity index is 2.78. The van der Waals surface area contributed by atoms with Gasteiger partial charge in [-0.05, 0) is 55.2 Å². The number of rotatable bonds is 0. The van der Waals surface area contributed by atoms with E-state index >= 15 is 0 Å². The van der Waals surface area contributed by atoms with Gasteiger partial charge in [-0.25, -0.2) is 0 Å². The first kappa shape index (κ1) is 12.4. The Morgan fingerprint density at radius 2 is 1.82 bits per heavy atom. The molecule has 1 aliphatic rings. The zero-order chi connectivity index (χ0) is 12.8. The number of allylic oxidation sites excluding steroid dienone is 4. The maximum absolute atomic E-state index is 6.14. The maximum Gasteiger partial charge on any atom is 0.0409 e. The summed E-state index contributed by atoms with van der Waals surface area (Å²) in [6, 6.07) is 6.21. The molecule has 0 aromatic heterocycles. The summed E-state index contributed by atoms with van der Waals surface area (Å²) in [4.78, 5) is 0. The van der Waals surface area contributed by atoms with Crippen LogP contribution in [0, 0.1) is 0 Å². The summed E-state index contributed by atoms with van der Waals surface area (Å²) < 4.78 is 0. The Morgan fingerprint density at radius 1 is 1.18 bits per heavy atom. The number of fused-ring (bicyclic) bond motifs is 1. The van der Waals surface area contributed by atoms with Gasteiger partial charge in [0.1, 0.15) is 0 Å². The molecule has 90 valence electrons. The lowest BCUT2D eigenvalue weighted by atomic mass is 9.69. The molecule has 0 aliphatic heterocycles. The molecule has 0 atom stereocenters. The highest BCUT2D eigenvalue weighted by molar-refractivity contribution is 6.30. The van der Waals surface area contributed by atoms with E-state index in [1.54, 1.807) is 0 Å². The fourth-order valence-corrected chi connectivity index (χ4v) is 2.94. The van der Waals surface area contributed by atoms with Crippen LogP contribution in [-0.2, 0) is 5.41 Å². The molecule has 0 heterocycles. The summed E-state index contributed by atoms with van der Waals surface area (Å²) in [6.45, 7) is 11.1. The molecule has 1 heteroatoms. The lowest BCUT2D eigenvalue weighted by Gasteiger charge is -2.35. The molecule has 0 spiro atoms. The molecule has 1 aromatic carbocycles. The molecular formula is C16H19Cl. The van der Waals surface area contributed by atoms with Gasteiger partial charge in [0.05, 0.1) is 0 Å². The van der Waals surface area contributed by atoms with Gasteiger partial charge < -0.3 is 0 Å². The molecule has 0 amide bonds. The second-order valence-corrected chi connectivity index (χ2v) is 5.99. The molecule has 0 fully saturated rings. The highest BCUT2D eigenvalue weighted by atomic mass is 35.5. The number of hydrogen-bond donors (Lipinski definition) is 0. The van der Waals surface area contributed by atoms with Crippen molar-refractivity contribution in [1.29, 1.82) is 0 Å². The van der Waals surface area contributed by atoms with E-state index in [4.69, 9.17) is 11.6 Å². The average molecular weight is 247 g/mol. The minimum atomic E-state index is 0.0403. The molecule has 0 nitrogen and oxygen atoms in total. The Labute approximate surface area is 109 Å². The molecular weight excluding hydrogens is 228 g/mol. The first-order chi connectivity index (χ1) is 7.84. The van der Waals surface area contributed by atoms with Crippen LogP contribution in [0.25, 0.3) is 5.57 Å². The largest absolute Gasteiger partial charge is 0.0843 e. The molecule has 0 N–H and O–H groups in total. The molecule has 0 bridgehead atoms. The van der Waals surface area contributed by atoms with E-state index < -0.39 is 0 Å². The minimum Gasteiger partial charge on any atom is -0.0843 e. The Hall–Kier alpha value is -1.01. The van der Waals surface area contributed by atoms with Crippen molar-refractivity contribution < 1.29 is 0 Å². The van der Waals surface area contributed by atoms with Crippen LogP contribution in [0.1, 0.15) is 45.7 Å². The third-order valence-electron chi connectivity index (χ3n) is 3.65. The van der Waals surface area contributed by atoms with Crippen LogP contribution in [0.2, 0.25) is 5.02 Å². The highest BCUT2D eigenvalue weighted by Gasteiger charge is 2.31. The monoisotopic (exact) mass is 246 g/mol. The normalized spacial score (nSPS) is 17.5. The predicted octanol–water partition coefficient (Wildman–Crippen LogP) is 5.37. The van der Waals surface area contributed by atoms with E-state index in [2.05, 4.69) is 52.8 Å². The van der Waals surface area contributed by atoms with Crippen molar-refractivity contribution in [3.05, 3.63) is 51.6 Å². The molecule has 0 saturated heterocycles. The van der Waals surface area contributed by atoms with E-state index in [0.29, 0.717) is 0 Å². The smallest absolute Gasteiger partial charge is 0.0409 e. The summed E-state index contributed by atoms with van der Waals surface area (Å²) in [6.07, 6.45) is 2.31. The van der Waals surface area contributed by atoms with Crippen molar-refractivity contribution in [2.24, 2.45) is 0 Å². The maximum atomic E-state index is 6.14. The second-order valence-electron chi connectivity index (χ2n) is 5.56. The van der Waals surface area contributed by atoms with E-state index in [1.807, 2.05) is 6.07 Å². The molecule has 0 radical (unpaired) electrons. The van der Waals surface area contributed by atoms with Crippen molar-refractivity contribution in [1.82, 2.24) is 0 Å². The van der Waals surface area contributed by atoms with Gasteiger partial charge in [0.15, 0.2) is 0 Å². The third-order valence-corrected chi connectivity index (χ3v) is 3.89. The average Bonchev–Trinajstić information content (AvgIpc) is 2.23. The molecule has 1 aliphatic carbocycles. The lowest BCUT2D eigenvalue weighted by molar-refractivity contribution is 0.625. The summed E-state index contributed by atoms with van der Waals surface area (Å²) >= 11 is 6.14. The van der Waals surface area contributed by atoms with E-state index in [1.165, 1.54) is 27.8 Å². The predicted molar refractivity (Wildman–Crippen MR) is 76.5 cm³/mol.